The third kappa shape index (κ3) is 3.25. The Kier molecular flexibility index (Phi) is 4.55. The van der Waals surface area contributed by atoms with Crippen molar-refractivity contribution in [3.05, 3.63) is 51.3 Å². The first-order valence-electron chi connectivity index (χ1n) is 7.78. The molecule has 3 aromatic heterocycles. The first-order valence-corrected chi connectivity index (χ1v) is 7.78. The molecule has 0 aromatic carbocycles. The lowest BCUT2D eigenvalue weighted by Crippen LogP contribution is -2.37. The summed E-state index contributed by atoms with van der Waals surface area (Å²) in [4.78, 5) is 40.0. The van der Waals surface area contributed by atoms with Crippen molar-refractivity contribution in [1.29, 1.82) is 0 Å². The summed E-state index contributed by atoms with van der Waals surface area (Å²) < 4.78 is 14.2. The van der Waals surface area contributed by atoms with Crippen molar-refractivity contribution < 1.29 is 13.9 Å². The van der Waals surface area contributed by atoms with Crippen molar-refractivity contribution in [1.82, 2.24) is 18.7 Å². The Morgan fingerprint density at radius 1 is 1.28 bits per heavy atom. The van der Waals surface area contributed by atoms with E-state index in [4.69, 9.17) is 9.15 Å². The fraction of sp³-hybridized carbons (Fsp3) is 0.375. The SMILES string of the molecule is Cn1c(=O)c2c(ncn2CCOC(=O)CCc2ccco2)n(C)c1=O. The molecule has 0 saturated carbocycles. The standard InChI is InChI=1S/C16H18N4O5/c1-18-14-13(15(22)19(2)16(18)23)20(10-17-14)7-9-25-12(21)6-5-11-4-3-8-24-11/h3-4,8,10H,5-7,9H2,1-2H3. The number of ether oxygens (including phenoxy) is 1. The smallest absolute Gasteiger partial charge is 0.332 e. The van der Waals surface area contributed by atoms with Crippen LogP contribution in [0.1, 0.15) is 12.2 Å². The minimum Gasteiger partial charge on any atom is -0.469 e. The van der Waals surface area contributed by atoms with Crippen LogP contribution in [0.4, 0.5) is 0 Å². The van der Waals surface area contributed by atoms with Crippen molar-refractivity contribution >= 4 is 17.1 Å². The highest BCUT2D eigenvalue weighted by Crippen LogP contribution is 2.06. The summed E-state index contributed by atoms with van der Waals surface area (Å²) >= 11 is 0. The lowest BCUT2D eigenvalue weighted by Gasteiger charge is -2.07. The van der Waals surface area contributed by atoms with Gasteiger partial charge >= 0.3 is 11.7 Å². The van der Waals surface area contributed by atoms with Crippen LogP contribution >= 0.6 is 0 Å². The van der Waals surface area contributed by atoms with Gasteiger partial charge in [-0.1, -0.05) is 0 Å². The van der Waals surface area contributed by atoms with E-state index in [1.807, 2.05) is 0 Å². The zero-order valence-corrected chi connectivity index (χ0v) is 14.0. The lowest BCUT2D eigenvalue weighted by molar-refractivity contribution is -0.143. The van der Waals surface area contributed by atoms with E-state index in [0.29, 0.717) is 17.6 Å². The summed E-state index contributed by atoms with van der Waals surface area (Å²) in [6, 6.07) is 3.56. The number of carbonyl (C=O) groups is 1. The second-order valence-corrected chi connectivity index (χ2v) is 5.62. The van der Waals surface area contributed by atoms with Gasteiger partial charge in [0.25, 0.3) is 5.56 Å². The highest BCUT2D eigenvalue weighted by Gasteiger charge is 2.14. The van der Waals surface area contributed by atoms with Gasteiger partial charge in [-0.25, -0.2) is 9.78 Å². The molecule has 0 atom stereocenters. The van der Waals surface area contributed by atoms with E-state index in [0.717, 1.165) is 10.3 Å². The van der Waals surface area contributed by atoms with Crippen molar-refractivity contribution in [2.24, 2.45) is 14.1 Å². The number of imidazole rings is 1. The minimum absolute atomic E-state index is 0.106. The van der Waals surface area contributed by atoms with Gasteiger partial charge in [0.15, 0.2) is 11.2 Å². The number of fused-ring (bicyclic) bond motifs is 1. The first kappa shape index (κ1) is 16.7. The molecule has 0 aliphatic rings. The molecule has 0 amide bonds. The molecule has 0 spiro atoms. The van der Waals surface area contributed by atoms with Crippen LogP contribution in [0.15, 0.2) is 38.7 Å². The Hall–Kier alpha value is -3.10. The van der Waals surface area contributed by atoms with Crippen LogP contribution in [0.2, 0.25) is 0 Å². The summed E-state index contributed by atoms with van der Waals surface area (Å²) in [5, 5.41) is 0. The third-order valence-electron chi connectivity index (χ3n) is 3.97. The van der Waals surface area contributed by atoms with Crippen LogP contribution in [-0.4, -0.2) is 31.3 Å². The highest BCUT2D eigenvalue weighted by atomic mass is 16.5. The summed E-state index contributed by atoms with van der Waals surface area (Å²) in [5.41, 5.74) is -0.264. The van der Waals surface area contributed by atoms with Gasteiger partial charge in [-0.2, -0.15) is 0 Å². The topological polar surface area (TPSA) is 101 Å². The molecule has 3 aromatic rings. The maximum Gasteiger partial charge on any atom is 0.332 e. The second-order valence-electron chi connectivity index (χ2n) is 5.62. The zero-order chi connectivity index (χ0) is 18.0. The number of carbonyl (C=O) groups excluding carboxylic acids is 1. The maximum atomic E-state index is 12.3. The quantitative estimate of drug-likeness (QED) is 0.591. The highest BCUT2D eigenvalue weighted by molar-refractivity contribution is 5.70. The first-order chi connectivity index (χ1) is 12.0. The van der Waals surface area contributed by atoms with E-state index in [1.54, 1.807) is 30.0 Å². The molecule has 132 valence electrons. The second kappa shape index (κ2) is 6.80. The van der Waals surface area contributed by atoms with Crippen molar-refractivity contribution in [3.8, 4) is 0 Å². The molecule has 3 heterocycles. The zero-order valence-electron chi connectivity index (χ0n) is 14.0. The summed E-state index contributed by atoms with van der Waals surface area (Å²) in [7, 11) is 2.96. The number of hydrogen-bond donors (Lipinski definition) is 0. The summed E-state index contributed by atoms with van der Waals surface area (Å²) in [6.07, 6.45) is 3.71. The number of aryl methyl sites for hydroxylation is 2. The lowest BCUT2D eigenvalue weighted by atomic mass is 10.2. The Morgan fingerprint density at radius 2 is 2.08 bits per heavy atom. The van der Waals surface area contributed by atoms with Crippen LogP contribution in [0.5, 0.6) is 0 Å². The van der Waals surface area contributed by atoms with Gasteiger partial charge in [0.05, 0.1) is 25.6 Å². The van der Waals surface area contributed by atoms with E-state index in [-0.39, 0.29) is 25.5 Å². The van der Waals surface area contributed by atoms with E-state index >= 15 is 0 Å². The van der Waals surface area contributed by atoms with Crippen molar-refractivity contribution in [3.63, 3.8) is 0 Å². The van der Waals surface area contributed by atoms with Gasteiger partial charge in [-0.15, -0.1) is 0 Å². The Labute approximate surface area is 142 Å². The monoisotopic (exact) mass is 346 g/mol. The van der Waals surface area contributed by atoms with E-state index in [9.17, 15) is 14.4 Å². The van der Waals surface area contributed by atoms with Crippen LogP contribution < -0.4 is 11.2 Å². The van der Waals surface area contributed by atoms with Crippen LogP contribution in [-0.2, 0) is 36.6 Å². The Morgan fingerprint density at radius 3 is 2.80 bits per heavy atom. The van der Waals surface area contributed by atoms with Crippen LogP contribution in [0.25, 0.3) is 11.2 Å². The number of hydrogen-bond acceptors (Lipinski definition) is 6. The van der Waals surface area contributed by atoms with Gasteiger partial charge in [-0.3, -0.25) is 18.7 Å². The molecule has 0 fully saturated rings. The molecular formula is C16H18N4O5. The predicted octanol–water partition coefficient (Wildman–Crippen LogP) is 0.203. The Balaban J connectivity index is 1.65. The molecule has 25 heavy (non-hydrogen) atoms. The predicted molar refractivity (Wildman–Crippen MR) is 88.2 cm³/mol. The number of esters is 1. The Bertz CT molecular complexity index is 1010. The van der Waals surface area contributed by atoms with Gasteiger partial charge in [-0.05, 0) is 12.1 Å². The number of aromatic nitrogens is 4. The number of nitrogens with zero attached hydrogens (tertiary/aromatic N) is 4. The summed E-state index contributed by atoms with van der Waals surface area (Å²) in [5.74, 6) is 0.378. The molecule has 0 unspecified atom stereocenters. The van der Waals surface area contributed by atoms with Gasteiger partial charge in [0.2, 0.25) is 0 Å². The molecule has 9 heteroatoms. The minimum atomic E-state index is -0.438. The average Bonchev–Trinajstić information content (AvgIpc) is 3.26. The fourth-order valence-corrected chi connectivity index (χ4v) is 2.58. The molecule has 0 saturated heterocycles. The maximum absolute atomic E-state index is 12.3. The van der Waals surface area contributed by atoms with Gasteiger partial charge < -0.3 is 13.7 Å². The third-order valence-corrected chi connectivity index (χ3v) is 3.97. The van der Waals surface area contributed by atoms with E-state index in [1.165, 1.54) is 17.9 Å². The van der Waals surface area contributed by atoms with E-state index < -0.39 is 11.2 Å². The molecule has 0 radical (unpaired) electrons. The van der Waals surface area contributed by atoms with Crippen LogP contribution in [0, 0.1) is 0 Å². The average molecular weight is 346 g/mol. The number of furan rings is 1. The molecule has 0 bridgehead atoms. The van der Waals surface area contributed by atoms with Crippen molar-refractivity contribution in [2.75, 3.05) is 6.61 Å². The van der Waals surface area contributed by atoms with Crippen LogP contribution in [0.3, 0.4) is 0 Å². The van der Waals surface area contributed by atoms with Gasteiger partial charge in [0, 0.05) is 20.5 Å². The molecule has 0 aliphatic carbocycles. The number of rotatable bonds is 6. The van der Waals surface area contributed by atoms with Crippen molar-refractivity contribution in [2.45, 2.75) is 19.4 Å². The van der Waals surface area contributed by atoms with E-state index in [2.05, 4.69) is 4.98 Å². The molecule has 9 nitrogen and oxygen atoms in total. The fourth-order valence-electron chi connectivity index (χ4n) is 2.58. The normalized spacial score (nSPS) is 11.1. The molecule has 0 N–H and O–H groups in total. The molecule has 0 aliphatic heterocycles. The largest absolute Gasteiger partial charge is 0.469 e. The molecular weight excluding hydrogens is 328 g/mol. The van der Waals surface area contributed by atoms with Gasteiger partial charge in [0.1, 0.15) is 12.4 Å². The summed E-state index contributed by atoms with van der Waals surface area (Å²) in [6.45, 7) is 0.380. The molecule has 3 rings (SSSR count).